The lowest BCUT2D eigenvalue weighted by molar-refractivity contribution is -0.121. The molecule has 1 amide bonds. The van der Waals surface area contributed by atoms with Crippen LogP contribution >= 0.6 is 0 Å². The van der Waals surface area contributed by atoms with Crippen molar-refractivity contribution in [1.82, 2.24) is 15.1 Å². The van der Waals surface area contributed by atoms with Crippen LogP contribution in [0.2, 0.25) is 0 Å². The molecule has 0 spiro atoms. The average Bonchev–Trinajstić information content (AvgIpc) is 3.26. The Morgan fingerprint density at radius 1 is 1.11 bits per heavy atom. The van der Waals surface area contributed by atoms with Crippen LogP contribution in [0.1, 0.15) is 19.3 Å². The zero-order chi connectivity index (χ0) is 19.3. The van der Waals surface area contributed by atoms with Crippen molar-refractivity contribution in [3.05, 3.63) is 65.0 Å². The highest BCUT2D eigenvalue weighted by atomic mass is 16.5. The minimum absolute atomic E-state index is 0.0985. The Morgan fingerprint density at radius 3 is 2.61 bits per heavy atom. The largest absolute Gasteiger partial charge is 0.376 e. The molecule has 1 aliphatic heterocycles. The van der Waals surface area contributed by atoms with Crippen molar-refractivity contribution in [2.45, 2.75) is 31.9 Å². The van der Waals surface area contributed by atoms with E-state index >= 15 is 0 Å². The van der Waals surface area contributed by atoms with Gasteiger partial charge in [-0.3, -0.25) is 9.59 Å². The number of rotatable bonds is 6. The van der Waals surface area contributed by atoms with Crippen LogP contribution in [0.4, 0.5) is 0 Å². The third-order valence-electron chi connectivity index (χ3n) is 5.02. The fourth-order valence-corrected chi connectivity index (χ4v) is 3.52. The predicted molar refractivity (Wildman–Crippen MR) is 108 cm³/mol. The summed E-state index contributed by atoms with van der Waals surface area (Å²) in [5.74, 6) is -0.0985. The van der Waals surface area contributed by atoms with Gasteiger partial charge in [-0.2, -0.15) is 5.10 Å². The Labute approximate surface area is 163 Å². The number of fused-ring (bicyclic) bond motifs is 1. The molecule has 4 rings (SSSR count). The Bertz CT molecular complexity index is 1020. The maximum absolute atomic E-state index is 12.8. The van der Waals surface area contributed by atoms with Crippen LogP contribution in [0, 0.1) is 0 Å². The molecule has 1 fully saturated rings. The summed E-state index contributed by atoms with van der Waals surface area (Å²) in [6.45, 7) is 1.52. The summed E-state index contributed by atoms with van der Waals surface area (Å²) in [4.78, 5) is 25.0. The average molecular weight is 377 g/mol. The quantitative estimate of drug-likeness (QED) is 0.717. The molecule has 0 saturated carbocycles. The Balaban J connectivity index is 1.56. The van der Waals surface area contributed by atoms with Gasteiger partial charge in [-0.1, -0.05) is 48.5 Å². The van der Waals surface area contributed by atoms with Crippen molar-refractivity contribution >= 4 is 16.7 Å². The van der Waals surface area contributed by atoms with Crippen LogP contribution in [0.15, 0.2) is 59.4 Å². The van der Waals surface area contributed by atoms with E-state index in [0.29, 0.717) is 11.9 Å². The van der Waals surface area contributed by atoms with Crippen molar-refractivity contribution in [2.75, 3.05) is 13.2 Å². The van der Waals surface area contributed by atoms with Gasteiger partial charge in [-0.15, -0.1) is 0 Å². The van der Waals surface area contributed by atoms with Gasteiger partial charge in [-0.25, -0.2) is 4.68 Å². The number of ether oxygens (including phenoxy) is 1. The summed E-state index contributed by atoms with van der Waals surface area (Å²) in [6.07, 6.45) is 2.33. The van der Waals surface area contributed by atoms with Crippen molar-refractivity contribution in [3.8, 4) is 11.3 Å². The molecular weight excluding hydrogens is 354 g/mol. The molecule has 1 saturated heterocycles. The van der Waals surface area contributed by atoms with E-state index in [1.165, 1.54) is 4.68 Å². The SMILES string of the molecule is O=C(CCn1nc(-c2ccccc2)c2ccccc2c1=O)NC[C@@H]1CCCO1. The molecule has 0 aliphatic carbocycles. The first-order valence-electron chi connectivity index (χ1n) is 9.66. The number of aromatic nitrogens is 2. The Morgan fingerprint density at radius 2 is 1.86 bits per heavy atom. The molecule has 1 N–H and O–H groups in total. The summed E-state index contributed by atoms with van der Waals surface area (Å²) in [7, 11) is 0. The lowest BCUT2D eigenvalue weighted by Gasteiger charge is -2.13. The van der Waals surface area contributed by atoms with Gasteiger partial charge in [0.05, 0.1) is 23.7 Å². The maximum Gasteiger partial charge on any atom is 0.274 e. The molecule has 2 heterocycles. The van der Waals surface area contributed by atoms with Gasteiger partial charge in [0.25, 0.3) is 5.56 Å². The molecule has 144 valence electrons. The van der Waals surface area contributed by atoms with E-state index in [2.05, 4.69) is 10.4 Å². The predicted octanol–water partition coefficient (Wildman–Crippen LogP) is 2.75. The second kappa shape index (κ2) is 8.35. The third kappa shape index (κ3) is 3.97. The van der Waals surface area contributed by atoms with Gasteiger partial charge < -0.3 is 10.1 Å². The number of nitrogens with zero attached hydrogens (tertiary/aromatic N) is 2. The summed E-state index contributed by atoms with van der Waals surface area (Å²) < 4.78 is 6.91. The van der Waals surface area contributed by atoms with Crippen molar-refractivity contribution in [2.24, 2.45) is 0 Å². The molecule has 3 aromatic rings. The summed E-state index contributed by atoms with van der Waals surface area (Å²) in [5.41, 5.74) is 1.51. The van der Waals surface area contributed by atoms with E-state index in [4.69, 9.17) is 4.74 Å². The Hall–Kier alpha value is -2.99. The number of carbonyl (C=O) groups excluding carboxylic acids is 1. The van der Waals surface area contributed by atoms with E-state index in [0.717, 1.165) is 36.1 Å². The number of aryl methyl sites for hydroxylation is 1. The number of amides is 1. The van der Waals surface area contributed by atoms with E-state index in [1.54, 1.807) is 6.07 Å². The molecule has 1 aromatic heterocycles. The van der Waals surface area contributed by atoms with Crippen LogP contribution in [-0.2, 0) is 16.1 Å². The highest BCUT2D eigenvalue weighted by Crippen LogP contribution is 2.24. The topological polar surface area (TPSA) is 73.2 Å². The van der Waals surface area contributed by atoms with Gasteiger partial charge in [0.2, 0.25) is 5.91 Å². The minimum Gasteiger partial charge on any atom is -0.376 e. The number of hydrogen-bond acceptors (Lipinski definition) is 4. The second-order valence-corrected chi connectivity index (χ2v) is 6.98. The van der Waals surface area contributed by atoms with E-state index in [-0.39, 0.29) is 30.5 Å². The van der Waals surface area contributed by atoms with Gasteiger partial charge in [0.1, 0.15) is 0 Å². The van der Waals surface area contributed by atoms with Crippen molar-refractivity contribution < 1.29 is 9.53 Å². The smallest absolute Gasteiger partial charge is 0.274 e. The normalized spacial score (nSPS) is 16.4. The van der Waals surface area contributed by atoms with Crippen LogP contribution in [0.5, 0.6) is 0 Å². The number of benzene rings is 2. The molecule has 1 aliphatic rings. The van der Waals surface area contributed by atoms with Gasteiger partial charge in [0, 0.05) is 30.5 Å². The lowest BCUT2D eigenvalue weighted by atomic mass is 10.1. The highest BCUT2D eigenvalue weighted by Gasteiger charge is 2.17. The van der Waals surface area contributed by atoms with Crippen molar-refractivity contribution in [3.63, 3.8) is 0 Å². The van der Waals surface area contributed by atoms with E-state index < -0.39 is 0 Å². The third-order valence-corrected chi connectivity index (χ3v) is 5.02. The molecule has 2 aromatic carbocycles. The molecule has 28 heavy (non-hydrogen) atoms. The molecule has 0 bridgehead atoms. The highest BCUT2D eigenvalue weighted by molar-refractivity contribution is 5.93. The van der Waals surface area contributed by atoms with Crippen LogP contribution in [-0.4, -0.2) is 34.9 Å². The van der Waals surface area contributed by atoms with Crippen molar-refractivity contribution in [1.29, 1.82) is 0 Å². The zero-order valence-electron chi connectivity index (χ0n) is 15.6. The number of carbonyl (C=O) groups is 1. The standard InChI is InChI=1S/C22H23N3O3/c26-20(23-15-17-9-6-14-28-17)12-13-25-22(27)19-11-5-4-10-18(19)21(24-25)16-7-2-1-3-8-16/h1-5,7-8,10-11,17H,6,9,12-15H2,(H,23,26)/t17-/m0/s1. The molecule has 1 atom stereocenters. The van der Waals surface area contributed by atoms with Crippen LogP contribution in [0.25, 0.3) is 22.0 Å². The monoisotopic (exact) mass is 377 g/mol. The van der Waals surface area contributed by atoms with E-state index in [1.807, 2.05) is 48.5 Å². The van der Waals surface area contributed by atoms with E-state index in [9.17, 15) is 9.59 Å². The van der Waals surface area contributed by atoms with Gasteiger partial charge in [-0.05, 0) is 18.9 Å². The fraction of sp³-hybridized carbons (Fsp3) is 0.318. The molecule has 0 unspecified atom stereocenters. The summed E-state index contributed by atoms with van der Waals surface area (Å²) >= 11 is 0. The molecular formula is C22H23N3O3. The second-order valence-electron chi connectivity index (χ2n) is 6.98. The molecule has 0 radical (unpaired) electrons. The fourth-order valence-electron chi connectivity index (χ4n) is 3.52. The first-order chi connectivity index (χ1) is 13.7. The number of hydrogen-bond donors (Lipinski definition) is 1. The van der Waals surface area contributed by atoms with Crippen LogP contribution < -0.4 is 10.9 Å². The van der Waals surface area contributed by atoms with Gasteiger partial charge in [0.15, 0.2) is 0 Å². The first-order valence-corrected chi connectivity index (χ1v) is 9.66. The minimum atomic E-state index is -0.179. The molecule has 6 nitrogen and oxygen atoms in total. The summed E-state index contributed by atoms with van der Waals surface area (Å²) in [6, 6.07) is 17.2. The molecule has 6 heteroatoms. The lowest BCUT2D eigenvalue weighted by Crippen LogP contribution is -2.33. The maximum atomic E-state index is 12.8. The number of nitrogens with one attached hydrogen (secondary N) is 1. The Kier molecular flexibility index (Phi) is 5.48. The zero-order valence-corrected chi connectivity index (χ0v) is 15.6. The first kappa shape index (κ1) is 18.4. The van der Waals surface area contributed by atoms with Gasteiger partial charge >= 0.3 is 0 Å². The summed E-state index contributed by atoms with van der Waals surface area (Å²) in [5, 5.41) is 8.90. The van der Waals surface area contributed by atoms with Crippen LogP contribution in [0.3, 0.4) is 0 Å².